The molecule has 1 aromatic carbocycles. The number of aryl methyl sites for hydroxylation is 2. The maximum atomic E-state index is 13.2. The van der Waals surface area contributed by atoms with Gasteiger partial charge in [-0.05, 0) is 32.0 Å². The first-order valence-electron chi connectivity index (χ1n) is 8.89. The number of rotatable bonds is 4. The standard InChI is InChI=1S/C19H20ClN3O2S3/c1-13-19(11-18(27-13)16-12-26-14(2)21-16)28(24,25)23-9-7-22(8-10-23)17-6-4-3-5-15(17)20/h3-6,11-12H,7-10H2,1-2H3. The molecule has 9 heteroatoms. The average Bonchev–Trinajstić information content (AvgIpc) is 3.28. The van der Waals surface area contributed by atoms with E-state index in [1.54, 1.807) is 21.7 Å². The van der Waals surface area contributed by atoms with Crippen LogP contribution in [0.4, 0.5) is 5.69 Å². The number of benzene rings is 1. The Morgan fingerprint density at radius 1 is 1.11 bits per heavy atom. The van der Waals surface area contributed by atoms with Crippen molar-refractivity contribution < 1.29 is 8.42 Å². The van der Waals surface area contributed by atoms with Crippen LogP contribution in [0.3, 0.4) is 0 Å². The van der Waals surface area contributed by atoms with E-state index in [1.165, 1.54) is 11.3 Å². The summed E-state index contributed by atoms with van der Waals surface area (Å²) in [5, 5.41) is 3.64. The summed E-state index contributed by atoms with van der Waals surface area (Å²) < 4.78 is 28.1. The largest absolute Gasteiger partial charge is 0.368 e. The highest BCUT2D eigenvalue weighted by Gasteiger charge is 2.31. The molecule has 4 rings (SSSR count). The van der Waals surface area contributed by atoms with E-state index in [1.807, 2.05) is 43.5 Å². The van der Waals surface area contributed by atoms with Gasteiger partial charge in [-0.1, -0.05) is 23.7 Å². The van der Waals surface area contributed by atoms with E-state index < -0.39 is 10.0 Å². The van der Waals surface area contributed by atoms with Crippen LogP contribution in [0.5, 0.6) is 0 Å². The minimum Gasteiger partial charge on any atom is -0.368 e. The van der Waals surface area contributed by atoms with Crippen molar-refractivity contribution in [3.63, 3.8) is 0 Å². The van der Waals surface area contributed by atoms with Gasteiger partial charge in [-0.25, -0.2) is 13.4 Å². The number of sulfonamides is 1. The molecular weight excluding hydrogens is 434 g/mol. The van der Waals surface area contributed by atoms with Crippen LogP contribution < -0.4 is 4.90 Å². The van der Waals surface area contributed by atoms with E-state index >= 15 is 0 Å². The molecule has 0 unspecified atom stereocenters. The fourth-order valence-electron chi connectivity index (χ4n) is 3.34. The summed E-state index contributed by atoms with van der Waals surface area (Å²) in [6.07, 6.45) is 0. The molecule has 0 atom stereocenters. The Morgan fingerprint density at radius 2 is 1.82 bits per heavy atom. The second-order valence-corrected chi connectivity index (χ2v) is 11.3. The molecule has 1 aliphatic rings. The van der Waals surface area contributed by atoms with Crippen LogP contribution in [0.25, 0.3) is 10.6 Å². The number of aromatic nitrogens is 1. The molecule has 0 spiro atoms. The van der Waals surface area contributed by atoms with E-state index in [0.29, 0.717) is 36.1 Å². The smallest absolute Gasteiger partial charge is 0.244 e. The van der Waals surface area contributed by atoms with Gasteiger partial charge in [0.1, 0.15) is 0 Å². The molecule has 0 radical (unpaired) electrons. The third kappa shape index (κ3) is 3.71. The fraction of sp³-hybridized carbons (Fsp3) is 0.316. The predicted molar refractivity (Wildman–Crippen MR) is 117 cm³/mol. The van der Waals surface area contributed by atoms with Crippen LogP contribution in [0.15, 0.2) is 40.6 Å². The second-order valence-electron chi connectivity index (χ2n) is 6.63. The molecule has 1 fully saturated rings. The van der Waals surface area contributed by atoms with Crippen LogP contribution >= 0.6 is 34.3 Å². The summed E-state index contributed by atoms with van der Waals surface area (Å²) in [4.78, 5) is 8.71. The Balaban J connectivity index is 1.54. The molecule has 1 saturated heterocycles. The van der Waals surface area contributed by atoms with Gasteiger partial charge in [-0.2, -0.15) is 4.31 Å². The number of thiophene rings is 1. The highest BCUT2D eigenvalue weighted by molar-refractivity contribution is 7.89. The van der Waals surface area contributed by atoms with Crippen molar-refractivity contribution >= 4 is 50.0 Å². The number of para-hydroxylation sites is 1. The lowest BCUT2D eigenvalue weighted by atomic mass is 10.2. The molecule has 3 aromatic rings. The van der Waals surface area contributed by atoms with Gasteiger partial charge in [0.15, 0.2) is 0 Å². The third-order valence-corrected chi connectivity index (χ3v) is 9.11. The Bertz CT molecular complexity index is 1100. The number of anilines is 1. The predicted octanol–water partition coefficient (Wildman–Crippen LogP) is 4.65. The molecule has 0 saturated carbocycles. The first kappa shape index (κ1) is 19.8. The first-order valence-corrected chi connectivity index (χ1v) is 12.4. The number of thiazole rings is 1. The topological polar surface area (TPSA) is 53.5 Å². The molecule has 0 aliphatic carbocycles. The summed E-state index contributed by atoms with van der Waals surface area (Å²) in [5.74, 6) is 0. The Kier molecular flexibility index (Phi) is 5.50. The van der Waals surface area contributed by atoms with Gasteiger partial charge in [-0.3, -0.25) is 0 Å². The minimum absolute atomic E-state index is 0.393. The van der Waals surface area contributed by atoms with Crippen LogP contribution in [0.2, 0.25) is 5.02 Å². The number of nitrogens with zero attached hydrogens (tertiary/aromatic N) is 3. The summed E-state index contributed by atoms with van der Waals surface area (Å²) in [6, 6.07) is 9.44. The fourth-order valence-corrected chi connectivity index (χ4v) is 7.23. The molecule has 28 heavy (non-hydrogen) atoms. The van der Waals surface area contributed by atoms with Crippen molar-refractivity contribution in [1.29, 1.82) is 0 Å². The molecule has 2 aromatic heterocycles. The van der Waals surface area contributed by atoms with E-state index in [-0.39, 0.29) is 0 Å². The lowest BCUT2D eigenvalue weighted by molar-refractivity contribution is 0.385. The zero-order chi connectivity index (χ0) is 19.9. The maximum Gasteiger partial charge on any atom is 0.244 e. The van der Waals surface area contributed by atoms with Gasteiger partial charge < -0.3 is 4.90 Å². The maximum absolute atomic E-state index is 13.2. The van der Waals surface area contributed by atoms with E-state index in [4.69, 9.17) is 11.6 Å². The summed E-state index contributed by atoms with van der Waals surface area (Å²) in [6.45, 7) is 5.92. The average molecular weight is 454 g/mol. The summed E-state index contributed by atoms with van der Waals surface area (Å²) in [7, 11) is -3.53. The van der Waals surface area contributed by atoms with Crippen LogP contribution in [-0.4, -0.2) is 43.9 Å². The van der Waals surface area contributed by atoms with Crippen molar-refractivity contribution in [2.75, 3.05) is 31.1 Å². The normalized spacial score (nSPS) is 15.9. The van der Waals surface area contributed by atoms with Gasteiger partial charge in [0.2, 0.25) is 10.0 Å². The van der Waals surface area contributed by atoms with E-state index in [9.17, 15) is 8.42 Å². The highest BCUT2D eigenvalue weighted by atomic mass is 35.5. The van der Waals surface area contributed by atoms with Gasteiger partial charge in [0, 0.05) is 36.4 Å². The van der Waals surface area contributed by atoms with Gasteiger partial charge in [-0.15, -0.1) is 22.7 Å². The molecule has 1 aliphatic heterocycles. The summed E-state index contributed by atoms with van der Waals surface area (Å²) in [5.41, 5.74) is 1.80. The SMILES string of the molecule is Cc1nc(-c2cc(S(=O)(=O)N3CCN(c4ccccc4Cl)CC3)c(C)s2)cs1. The molecule has 148 valence electrons. The molecule has 5 nitrogen and oxygen atoms in total. The lowest BCUT2D eigenvalue weighted by Gasteiger charge is -2.35. The van der Waals surface area contributed by atoms with Crippen molar-refractivity contribution in [2.24, 2.45) is 0 Å². The molecule has 0 N–H and O–H groups in total. The van der Waals surface area contributed by atoms with Gasteiger partial charge >= 0.3 is 0 Å². The van der Waals surface area contributed by atoms with Crippen molar-refractivity contribution in [2.45, 2.75) is 18.7 Å². The van der Waals surface area contributed by atoms with Crippen LogP contribution in [0.1, 0.15) is 9.88 Å². The van der Waals surface area contributed by atoms with Crippen molar-refractivity contribution in [3.05, 3.63) is 50.6 Å². The van der Waals surface area contributed by atoms with E-state index in [0.717, 1.165) is 26.1 Å². The van der Waals surface area contributed by atoms with Crippen molar-refractivity contribution in [1.82, 2.24) is 9.29 Å². The zero-order valence-corrected chi connectivity index (χ0v) is 18.8. The van der Waals surface area contributed by atoms with Gasteiger partial charge in [0.25, 0.3) is 0 Å². The van der Waals surface area contributed by atoms with Crippen molar-refractivity contribution in [3.8, 4) is 10.6 Å². The number of piperazine rings is 1. The minimum atomic E-state index is -3.53. The molecule has 0 amide bonds. The van der Waals surface area contributed by atoms with E-state index in [2.05, 4.69) is 9.88 Å². The Labute approximate surface area is 178 Å². The van der Waals surface area contributed by atoms with Gasteiger partial charge in [0.05, 0.1) is 31.2 Å². The number of halogens is 1. The lowest BCUT2D eigenvalue weighted by Crippen LogP contribution is -2.48. The van der Waals surface area contributed by atoms with Crippen LogP contribution in [0, 0.1) is 13.8 Å². The quantitative estimate of drug-likeness (QED) is 0.576. The molecular formula is C19H20ClN3O2S3. The Hall–Kier alpha value is -1.45. The highest BCUT2D eigenvalue weighted by Crippen LogP contribution is 2.36. The third-order valence-electron chi connectivity index (χ3n) is 4.79. The monoisotopic (exact) mass is 453 g/mol. The first-order chi connectivity index (χ1) is 13.4. The summed E-state index contributed by atoms with van der Waals surface area (Å²) >= 11 is 9.34. The number of hydrogen-bond acceptors (Lipinski definition) is 6. The zero-order valence-electron chi connectivity index (χ0n) is 15.6. The number of hydrogen-bond donors (Lipinski definition) is 0. The molecule has 0 bridgehead atoms. The van der Waals surface area contributed by atoms with Crippen LogP contribution in [-0.2, 0) is 10.0 Å². The Morgan fingerprint density at radius 3 is 2.46 bits per heavy atom. The molecule has 3 heterocycles. The second kappa shape index (κ2) is 7.76.